The van der Waals surface area contributed by atoms with E-state index in [-0.39, 0.29) is 11.8 Å². The van der Waals surface area contributed by atoms with Crippen LogP contribution in [0.25, 0.3) is 0 Å². The van der Waals surface area contributed by atoms with Gasteiger partial charge in [-0.1, -0.05) is 26.0 Å². The number of aliphatic hydroxyl groups excluding tert-OH is 1. The molecule has 0 aromatic heterocycles. The maximum absolute atomic E-state index is 13.5. The summed E-state index contributed by atoms with van der Waals surface area (Å²) < 4.78 is 11.0. The summed E-state index contributed by atoms with van der Waals surface area (Å²) in [6, 6.07) is 7.94. The molecular formula is C24H30N2O4. The molecule has 30 heavy (non-hydrogen) atoms. The molecule has 0 fully saturated rings. The van der Waals surface area contributed by atoms with Crippen molar-refractivity contribution in [2.45, 2.75) is 45.5 Å². The SMILES string of the molecule is COc1cc(OC)c(C(C)C)cc1C(=O)N1Cc2cc3c(cc2C1)C(O)CN(C)C3. The van der Waals surface area contributed by atoms with E-state index in [2.05, 4.69) is 30.9 Å². The normalized spacial score (nSPS) is 18.4. The second-order valence-corrected chi connectivity index (χ2v) is 8.64. The molecule has 1 amide bonds. The van der Waals surface area contributed by atoms with E-state index in [1.165, 1.54) is 0 Å². The molecule has 2 aliphatic heterocycles. The number of likely N-dealkylation sites (N-methyl/N-ethyl adjacent to an activating group) is 1. The van der Waals surface area contributed by atoms with Crippen molar-refractivity contribution in [1.82, 2.24) is 9.80 Å². The number of fused-ring (bicyclic) bond motifs is 2. The van der Waals surface area contributed by atoms with Crippen molar-refractivity contribution in [1.29, 1.82) is 0 Å². The second kappa shape index (κ2) is 7.93. The second-order valence-electron chi connectivity index (χ2n) is 8.64. The molecule has 0 spiro atoms. The quantitative estimate of drug-likeness (QED) is 0.836. The van der Waals surface area contributed by atoms with Crippen molar-refractivity contribution in [3.05, 3.63) is 57.6 Å². The molecule has 0 aliphatic carbocycles. The first kappa shape index (κ1) is 20.7. The Morgan fingerprint density at radius 1 is 1.00 bits per heavy atom. The van der Waals surface area contributed by atoms with Crippen molar-refractivity contribution in [3.8, 4) is 11.5 Å². The lowest BCUT2D eigenvalue weighted by Crippen LogP contribution is -2.30. The third-order valence-electron chi connectivity index (χ3n) is 6.16. The average molecular weight is 411 g/mol. The zero-order chi connectivity index (χ0) is 21.6. The molecule has 0 saturated heterocycles. The van der Waals surface area contributed by atoms with Crippen LogP contribution in [-0.2, 0) is 19.6 Å². The lowest BCUT2D eigenvalue weighted by molar-refractivity contribution is 0.0747. The summed E-state index contributed by atoms with van der Waals surface area (Å²) in [6.07, 6.45) is -0.482. The minimum atomic E-state index is -0.482. The summed E-state index contributed by atoms with van der Waals surface area (Å²) in [5.41, 5.74) is 5.95. The van der Waals surface area contributed by atoms with E-state index in [1.807, 2.05) is 18.0 Å². The summed E-state index contributed by atoms with van der Waals surface area (Å²) in [7, 11) is 5.22. The number of carbonyl (C=O) groups excluding carboxylic acids is 1. The molecule has 1 N–H and O–H groups in total. The number of hydrogen-bond acceptors (Lipinski definition) is 5. The molecular weight excluding hydrogens is 380 g/mol. The van der Waals surface area contributed by atoms with Gasteiger partial charge in [0.2, 0.25) is 0 Å². The van der Waals surface area contributed by atoms with Gasteiger partial charge in [0.15, 0.2) is 0 Å². The van der Waals surface area contributed by atoms with Gasteiger partial charge < -0.3 is 19.5 Å². The minimum Gasteiger partial charge on any atom is -0.496 e. The molecule has 0 bridgehead atoms. The van der Waals surface area contributed by atoms with E-state index in [9.17, 15) is 9.90 Å². The summed E-state index contributed by atoms with van der Waals surface area (Å²) in [5.74, 6) is 1.42. The predicted molar refractivity (Wildman–Crippen MR) is 115 cm³/mol. The van der Waals surface area contributed by atoms with Crippen LogP contribution in [0.2, 0.25) is 0 Å². The fraction of sp³-hybridized carbons (Fsp3) is 0.458. The Morgan fingerprint density at radius 3 is 2.30 bits per heavy atom. The van der Waals surface area contributed by atoms with Crippen molar-refractivity contribution < 1.29 is 19.4 Å². The fourth-order valence-electron chi connectivity index (χ4n) is 4.57. The van der Waals surface area contributed by atoms with Crippen molar-refractivity contribution >= 4 is 5.91 Å². The molecule has 1 atom stereocenters. The van der Waals surface area contributed by atoms with Crippen LogP contribution >= 0.6 is 0 Å². The van der Waals surface area contributed by atoms with Gasteiger partial charge in [0.1, 0.15) is 11.5 Å². The van der Waals surface area contributed by atoms with Crippen LogP contribution in [0, 0.1) is 0 Å². The Labute approximate surface area is 178 Å². The van der Waals surface area contributed by atoms with Gasteiger partial charge in [0.05, 0.1) is 25.9 Å². The number of methoxy groups -OCH3 is 2. The lowest BCUT2D eigenvalue weighted by atomic mass is 9.93. The number of hydrogen-bond donors (Lipinski definition) is 1. The van der Waals surface area contributed by atoms with Gasteiger partial charge in [0, 0.05) is 32.2 Å². The van der Waals surface area contributed by atoms with E-state index < -0.39 is 6.10 Å². The highest BCUT2D eigenvalue weighted by Crippen LogP contribution is 2.37. The first-order valence-electron chi connectivity index (χ1n) is 10.4. The van der Waals surface area contributed by atoms with Gasteiger partial charge in [-0.3, -0.25) is 9.69 Å². The third kappa shape index (κ3) is 3.55. The molecule has 2 aliphatic rings. The summed E-state index contributed by atoms with van der Waals surface area (Å²) in [4.78, 5) is 17.4. The summed E-state index contributed by atoms with van der Waals surface area (Å²) in [5, 5.41) is 10.5. The highest BCUT2D eigenvalue weighted by atomic mass is 16.5. The number of aliphatic hydroxyl groups is 1. The number of benzene rings is 2. The predicted octanol–water partition coefficient (Wildman–Crippen LogP) is 3.46. The molecule has 6 heteroatoms. The van der Waals surface area contributed by atoms with Gasteiger partial charge in [-0.05, 0) is 46.8 Å². The van der Waals surface area contributed by atoms with E-state index in [1.54, 1.807) is 20.3 Å². The number of nitrogens with zero attached hydrogens (tertiary/aromatic N) is 2. The van der Waals surface area contributed by atoms with Crippen molar-refractivity contribution in [3.63, 3.8) is 0 Å². The summed E-state index contributed by atoms with van der Waals surface area (Å²) >= 11 is 0. The number of amides is 1. The number of β-amino-alcohol motifs (C(OH)–C–C–N with tert-alkyl or cyclic N) is 1. The molecule has 1 unspecified atom stereocenters. The third-order valence-corrected chi connectivity index (χ3v) is 6.16. The van der Waals surface area contributed by atoms with Crippen LogP contribution < -0.4 is 9.47 Å². The number of rotatable bonds is 4. The van der Waals surface area contributed by atoms with Gasteiger partial charge in [-0.15, -0.1) is 0 Å². The van der Waals surface area contributed by atoms with Crippen molar-refractivity contribution in [2.75, 3.05) is 27.8 Å². The average Bonchev–Trinajstić information content (AvgIpc) is 3.13. The van der Waals surface area contributed by atoms with E-state index >= 15 is 0 Å². The monoisotopic (exact) mass is 410 g/mol. The fourth-order valence-corrected chi connectivity index (χ4v) is 4.57. The smallest absolute Gasteiger partial charge is 0.258 e. The molecule has 4 rings (SSSR count). The topological polar surface area (TPSA) is 62.2 Å². The largest absolute Gasteiger partial charge is 0.496 e. The first-order chi connectivity index (χ1) is 14.3. The van der Waals surface area contributed by atoms with E-state index in [0.717, 1.165) is 40.1 Å². The standard InChI is InChI=1S/C24H30N2O4/c1-14(2)18-8-20(23(30-5)9-22(18)29-4)24(28)26-11-15-6-17-10-25(3)13-21(27)19(17)7-16(15)12-26/h6-9,14,21,27H,10-13H2,1-5H3. The Bertz CT molecular complexity index is 986. The minimum absolute atomic E-state index is 0.0526. The number of carbonyl (C=O) groups is 1. The Hall–Kier alpha value is -2.57. The van der Waals surface area contributed by atoms with Crippen molar-refractivity contribution in [2.24, 2.45) is 0 Å². The molecule has 0 saturated carbocycles. The van der Waals surface area contributed by atoms with Crippen LogP contribution in [0.15, 0.2) is 24.3 Å². The molecule has 160 valence electrons. The molecule has 6 nitrogen and oxygen atoms in total. The molecule has 2 heterocycles. The van der Waals surface area contributed by atoms with Crippen LogP contribution in [0.3, 0.4) is 0 Å². The van der Waals surface area contributed by atoms with Gasteiger partial charge >= 0.3 is 0 Å². The van der Waals surface area contributed by atoms with E-state index in [4.69, 9.17) is 9.47 Å². The van der Waals surface area contributed by atoms with Gasteiger partial charge in [-0.2, -0.15) is 0 Å². The van der Waals surface area contributed by atoms with Crippen LogP contribution in [0.4, 0.5) is 0 Å². The first-order valence-corrected chi connectivity index (χ1v) is 10.4. The van der Waals surface area contributed by atoms with Crippen LogP contribution in [0.5, 0.6) is 11.5 Å². The Kier molecular flexibility index (Phi) is 5.47. The highest BCUT2D eigenvalue weighted by Gasteiger charge is 2.30. The zero-order valence-corrected chi connectivity index (χ0v) is 18.4. The number of ether oxygens (including phenoxy) is 2. The lowest BCUT2D eigenvalue weighted by Gasteiger charge is -2.29. The summed E-state index contributed by atoms with van der Waals surface area (Å²) in [6.45, 7) is 6.71. The zero-order valence-electron chi connectivity index (χ0n) is 18.4. The molecule has 2 aromatic carbocycles. The van der Waals surface area contributed by atoms with Gasteiger partial charge in [0.25, 0.3) is 5.91 Å². The van der Waals surface area contributed by atoms with Gasteiger partial charge in [-0.25, -0.2) is 0 Å². The Balaban J connectivity index is 1.65. The van der Waals surface area contributed by atoms with Crippen LogP contribution in [0.1, 0.15) is 64.0 Å². The highest BCUT2D eigenvalue weighted by molar-refractivity contribution is 5.98. The maximum atomic E-state index is 13.5. The molecule has 2 aromatic rings. The maximum Gasteiger partial charge on any atom is 0.258 e. The van der Waals surface area contributed by atoms with Crippen LogP contribution in [-0.4, -0.2) is 48.6 Å². The van der Waals surface area contributed by atoms with E-state index in [0.29, 0.717) is 30.9 Å². The Morgan fingerprint density at radius 2 is 1.67 bits per heavy atom. The molecule has 0 radical (unpaired) electrons.